The lowest BCUT2D eigenvalue weighted by molar-refractivity contribution is -0.206. The summed E-state index contributed by atoms with van der Waals surface area (Å²) < 4.78 is 6.46. The molecule has 1 aromatic rings. The number of hydrogen-bond donors (Lipinski definition) is 0. The second-order valence-electron chi connectivity index (χ2n) is 11.2. The fourth-order valence-corrected chi connectivity index (χ4v) is 7.16. The summed E-state index contributed by atoms with van der Waals surface area (Å²) in [6.45, 7) is 6.45. The number of rotatable bonds is 5. The molecule has 2 heterocycles. The van der Waals surface area contributed by atoms with Gasteiger partial charge in [-0.25, -0.2) is 0 Å². The molecule has 180 valence electrons. The van der Waals surface area contributed by atoms with E-state index in [1.165, 1.54) is 12.8 Å². The lowest BCUT2D eigenvalue weighted by Gasteiger charge is -2.57. The van der Waals surface area contributed by atoms with Crippen molar-refractivity contribution in [1.82, 2.24) is 9.80 Å². The number of nitrogens with zero attached hydrogens (tertiary/aromatic N) is 2. The molecular weight excluding hydrogens is 412 g/mol. The standard InChI is InChI=1S/C28H40N2O3/c1-27(19-22-20-29(18-13-24(22)27)21-25(31)30-16-9-10-17-30)33-26(32)28(14-7-2-3-8-15-28)23-11-5-4-6-12-23/h4-6,11-12,22,24H,2-3,7-10,13-21H2,1H3/t22?,24?,27-/m0/s1. The van der Waals surface area contributed by atoms with E-state index < -0.39 is 5.41 Å². The molecule has 3 atom stereocenters. The average Bonchev–Trinajstić information content (AvgIpc) is 3.24. The van der Waals surface area contributed by atoms with Crippen molar-refractivity contribution in [3.05, 3.63) is 35.9 Å². The first-order chi connectivity index (χ1) is 16.0. The molecule has 5 rings (SSSR count). The molecule has 0 bridgehead atoms. The Labute approximate surface area is 198 Å². The van der Waals surface area contributed by atoms with Crippen LogP contribution in [0.5, 0.6) is 0 Å². The fourth-order valence-electron chi connectivity index (χ4n) is 7.16. The van der Waals surface area contributed by atoms with Crippen LogP contribution in [0.25, 0.3) is 0 Å². The van der Waals surface area contributed by atoms with Crippen LogP contribution in [0.3, 0.4) is 0 Å². The molecule has 5 heteroatoms. The van der Waals surface area contributed by atoms with Gasteiger partial charge in [0.15, 0.2) is 0 Å². The van der Waals surface area contributed by atoms with Crippen molar-refractivity contribution in [2.75, 3.05) is 32.7 Å². The zero-order valence-electron chi connectivity index (χ0n) is 20.3. The van der Waals surface area contributed by atoms with E-state index in [9.17, 15) is 9.59 Å². The van der Waals surface area contributed by atoms with Gasteiger partial charge >= 0.3 is 5.97 Å². The van der Waals surface area contributed by atoms with E-state index in [1.54, 1.807) is 0 Å². The van der Waals surface area contributed by atoms with Crippen molar-refractivity contribution in [3.8, 4) is 0 Å². The molecule has 0 spiro atoms. The van der Waals surface area contributed by atoms with Crippen molar-refractivity contribution >= 4 is 11.9 Å². The van der Waals surface area contributed by atoms with Crippen LogP contribution in [0.1, 0.15) is 76.7 Å². The predicted octanol–water partition coefficient (Wildman–Crippen LogP) is 4.54. The summed E-state index contributed by atoms with van der Waals surface area (Å²) in [5.74, 6) is 1.24. The zero-order valence-corrected chi connectivity index (χ0v) is 20.3. The van der Waals surface area contributed by atoms with E-state index in [-0.39, 0.29) is 17.5 Å². The predicted molar refractivity (Wildman–Crippen MR) is 129 cm³/mol. The van der Waals surface area contributed by atoms with Gasteiger partial charge in [-0.1, -0.05) is 56.0 Å². The molecule has 2 saturated carbocycles. The van der Waals surface area contributed by atoms with E-state index >= 15 is 0 Å². The summed E-state index contributed by atoms with van der Waals surface area (Å²) in [5.41, 5.74) is 0.280. The number of ether oxygens (including phenoxy) is 1. The molecule has 5 nitrogen and oxygen atoms in total. The summed E-state index contributed by atoms with van der Waals surface area (Å²) >= 11 is 0. The summed E-state index contributed by atoms with van der Waals surface area (Å²) in [7, 11) is 0. The number of amides is 1. The lowest BCUT2D eigenvalue weighted by atomic mass is 9.58. The van der Waals surface area contributed by atoms with Crippen molar-refractivity contribution in [2.45, 2.75) is 82.1 Å². The van der Waals surface area contributed by atoms with Crippen molar-refractivity contribution in [3.63, 3.8) is 0 Å². The third-order valence-corrected chi connectivity index (χ3v) is 9.09. The molecule has 2 saturated heterocycles. The minimum Gasteiger partial charge on any atom is -0.458 e. The maximum absolute atomic E-state index is 13.8. The number of likely N-dealkylation sites (tertiary alicyclic amines) is 2. The van der Waals surface area contributed by atoms with Gasteiger partial charge in [0.2, 0.25) is 5.91 Å². The molecule has 2 aliphatic heterocycles. The normalized spacial score (nSPS) is 31.8. The summed E-state index contributed by atoms with van der Waals surface area (Å²) in [4.78, 5) is 30.8. The first kappa shape index (κ1) is 22.9. The Morgan fingerprint density at radius 1 is 0.970 bits per heavy atom. The summed E-state index contributed by atoms with van der Waals surface area (Å²) in [5, 5.41) is 0. The number of carbonyl (C=O) groups is 2. The maximum Gasteiger partial charge on any atom is 0.317 e. The first-order valence-electron chi connectivity index (χ1n) is 13.3. The highest BCUT2D eigenvalue weighted by molar-refractivity contribution is 5.84. The van der Waals surface area contributed by atoms with Crippen molar-refractivity contribution < 1.29 is 14.3 Å². The average molecular weight is 453 g/mol. The van der Waals surface area contributed by atoms with Crippen molar-refractivity contribution in [2.24, 2.45) is 11.8 Å². The molecule has 2 aliphatic carbocycles. The van der Waals surface area contributed by atoms with Gasteiger partial charge < -0.3 is 9.64 Å². The number of fused-ring (bicyclic) bond motifs is 1. The van der Waals surface area contributed by atoms with Crippen LogP contribution in [-0.2, 0) is 19.7 Å². The minimum atomic E-state index is -0.491. The highest BCUT2D eigenvalue weighted by atomic mass is 16.6. The number of esters is 1. The van der Waals surface area contributed by atoms with Crippen LogP contribution in [0, 0.1) is 11.8 Å². The molecule has 1 aromatic carbocycles. The van der Waals surface area contributed by atoms with Gasteiger partial charge in [0, 0.05) is 25.6 Å². The minimum absolute atomic E-state index is 0.00295. The monoisotopic (exact) mass is 452 g/mol. The van der Waals surface area contributed by atoms with Gasteiger partial charge in [0.25, 0.3) is 0 Å². The van der Waals surface area contributed by atoms with Crippen LogP contribution in [0.4, 0.5) is 0 Å². The third-order valence-electron chi connectivity index (χ3n) is 9.09. The molecule has 0 radical (unpaired) electrons. The molecule has 33 heavy (non-hydrogen) atoms. The third kappa shape index (κ3) is 4.45. The van der Waals surface area contributed by atoms with E-state index in [0.717, 1.165) is 83.1 Å². The molecule has 0 N–H and O–H groups in total. The van der Waals surface area contributed by atoms with Crippen molar-refractivity contribution in [1.29, 1.82) is 0 Å². The van der Waals surface area contributed by atoms with Crippen LogP contribution in [0.2, 0.25) is 0 Å². The van der Waals surface area contributed by atoms with Gasteiger partial charge in [-0.3, -0.25) is 14.5 Å². The quantitative estimate of drug-likeness (QED) is 0.486. The lowest BCUT2D eigenvalue weighted by Crippen LogP contribution is -2.62. The molecule has 4 aliphatic rings. The van der Waals surface area contributed by atoms with Crippen LogP contribution in [-0.4, -0.2) is 60.0 Å². The summed E-state index contributed by atoms with van der Waals surface area (Å²) in [6, 6.07) is 10.4. The van der Waals surface area contributed by atoms with Gasteiger partial charge in [-0.2, -0.15) is 0 Å². The van der Waals surface area contributed by atoms with E-state index in [0.29, 0.717) is 18.4 Å². The van der Waals surface area contributed by atoms with Crippen LogP contribution < -0.4 is 0 Å². The molecular formula is C28H40N2O3. The maximum atomic E-state index is 13.8. The largest absolute Gasteiger partial charge is 0.458 e. The highest BCUT2D eigenvalue weighted by Crippen LogP contribution is 2.52. The van der Waals surface area contributed by atoms with E-state index in [2.05, 4.69) is 36.1 Å². The number of carbonyl (C=O) groups excluding carboxylic acids is 2. The fraction of sp³-hybridized carbons (Fsp3) is 0.714. The SMILES string of the molecule is C[C@]1(OC(=O)C2(c3ccccc3)CCCCCC2)CC2CN(CC(=O)N3CCCC3)CCC21. The van der Waals surface area contributed by atoms with E-state index in [4.69, 9.17) is 4.74 Å². The van der Waals surface area contributed by atoms with Crippen LogP contribution >= 0.6 is 0 Å². The molecule has 2 unspecified atom stereocenters. The molecule has 0 aromatic heterocycles. The van der Waals surface area contributed by atoms with Gasteiger partial charge in [-0.15, -0.1) is 0 Å². The Kier molecular flexibility index (Phi) is 6.52. The zero-order chi connectivity index (χ0) is 22.9. The first-order valence-corrected chi connectivity index (χ1v) is 13.3. The smallest absolute Gasteiger partial charge is 0.317 e. The highest BCUT2D eigenvalue weighted by Gasteiger charge is 2.57. The Bertz CT molecular complexity index is 842. The Morgan fingerprint density at radius 3 is 2.33 bits per heavy atom. The second kappa shape index (κ2) is 9.40. The Hall–Kier alpha value is -1.88. The van der Waals surface area contributed by atoms with E-state index in [1.807, 2.05) is 11.0 Å². The molecule has 4 fully saturated rings. The molecule has 1 amide bonds. The number of piperidine rings is 1. The van der Waals surface area contributed by atoms with Gasteiger partial charge in [0.05, 0.1) is 12.0 Å². The van der Waals surface area contributed by atoms with Gasteiger partial charge in [0.1, 0.15) is 5.60 Å². The topological polar surface area (TPSA) is 49.9 Å². The Morgan fingerprint density at radius 2 is 1.67 bits per heavy atom. The second-order valence-corrected chi connectivity index (χ2v) is 11.2. The number of benzene rings is 1. The van der Waals surface area contributed by atoms with Gasteiger partial charge in [-0.05, 0) is 63.5 Å². The van der Waals surface area contributed by atoms with Crippen LogP contribution in [0.15, 0.2) is 30.3 Å². The Balaban J connectivity index is 1.22. The summed E-state index contributed by atoms with van der Waals surface area (Å²) in [6.07, 6.45) is 10.6. The number of hydrogen-bond acceptors (Lipinski definition) is 4.